The zero-order valence-corrected chi connectivity index (χ0v) is 14.9. The number of hydrogen-bond acceptors (Lipinski definition) is 2. The van der Waals surface area contributed by atoms with Crippen LogP contribution in [0, 0.1) is 0 Å². The molecule has 0 atom stereocenters. The van der Waals surface area contributed by atoms with Crippen molar-refractivity contribution in [2.24, 2.45) is 0 Å². The van der Waals surface area contributed by atoms with E-state index in [1.54, 1.807) is 18.2 Å². The fraction of sp³-hybridized carbons (Fsp3) is 0.188. The van der Waals surface area contributed by atoms with Gasteiger partial charge in [-0.05, 0) is 35.9 Å². The van der Waals surface area contributed by atoms with Gasteiger partial charge in [0.1, 0.15) is 5.75 Å². The van der Waals surface area contributed by atoms with E-state index >= 15 is 0 Å². The van der Waals surface area contributed by atoms with Crippen LogP contribution in [-0.4, -0.2) is 12.4 Å². The fourth-order valence-electron chi connectivity index (χ4n) is 2.46. The molecule has 0 N–H and O–H groups in total. The molecule has 108 valence electrons. The molecule has 2 nitrogen and oxygen atoms in total. The summed E-state index contributed by atoms with van der Waals surface area (Å²) < 4.78 is 7.39. The molecule has 0 spiro atoms. The Kier molecular flexibility index (Phi) is 4.38. The molecule has 3 rings (SSSR count). The van der Waals surface area contributed by atoms with Crippen molar-refractivity contribution >= 4 is 49.2 Å². The van der Waals surface area contributed by atoms with Gasteiger partial charge in [-0.3, -0.25) is 4.79 Å². The Labute approximate surface area is 144 Å². The second kappa shape index (κ2) is 6.11. The molecule has 0 bridgehead atoms. The van der Waals surface area contributed by atoms with Gasteiger partial charge in [0, 0.05) is 37.9 Å². The Bertz CT molecular complexity index is 728. The normalized spacial score (nSPS) is 12.9. The monoisotopic (exact) mass is 428 g/mol. The zero-order valence-electron chi connectivity index (χ0n) is 11.0. The van der Waals surface area contributed by atoms with E-state index in [1.165, 1.54) is 0 Å². The minimum absolute atomic E-state index is 0.0141. The smallest absolute Gasteiger partial charge is 0.168 e. The van der Waals surface area contributed by atoms with Crippen molar-refractivity contribution in [3.8, 4) is 5.75 Å². The maximum atomic E-state index is 12.5. The van der Waals surface area contributed by atoms with Crippen LogP contribution in [0.3, 0.4) is 0 Å². The van der Waals surface area contributed by atoms with Gasteiger partial charge in [0.25, 0.3) is 0 Å². The first kappa shape index (κ1) is 15.1. The number of carbonyl (C=O) groups excluding carboxylic acids is 1. The van der Waals surface area contributed by atoms with E-state index in [4.69, 9.17) is 16.3 Å². The van der Waals surface area contributed by atoms with Crippen LogP contribution in [-0.2, 0) is 12.8 Å². The van der Waals surface area contributed by atoms with Gasteiger partial charge in [0.2, 0.25) is 0 Å². The number of benzene rings is 2. The van der Waals surface area contributed by atoms with Gasteiger partial charge in [0.05, 0.1) is 6.61 Å². The van der Waals surface area contributed by atoms with Crippen LogP contribution in [0.5, 0.6) is 5.75 Å². The highest BCUT2D eigenvalue weighted by molar-refractivity contribution is 9.10. The van der Waals surface area contributed by atoms with Crippen LogP contribution >= 0.6 is 43.5 Å². The SMILES string of the molecule is O=C(Cc1cc(Br)cc2c1OCC2)c1cc(Cl)ccc1Br. The van der Waals surface area contributed by atoms with Gasteiger partial charge in [-0.1, -0.05) is 43.5 Å². The third-order valence-corrected chi connectivity index (χ3v) is 4.79. The number of fused-ring (bicyclic) bond motifs is 1. The first-order valence-corrected chi connectivity index (χ1v) is 8.43. The molecule has 0 aliphatic carbocycles. The Morgan fingerprint density at radius 2 is 2.05 bits per heavy atom. The molecule has 1 heterocycles. The highest BCUT2D eigenvalue weighted by Crippen LogP contribution is 2.34. The average Bonchev–Trinajstić information content (AvgIpc) is 2.89. The van der Waals surface area contributed by atoms with Crippen molar-refractivity contribution in [3.05, 3.63) is 61.0 Å². The minimum atomic E-state index is 0.0141. The molecule has 0 aromatic heterocycles. The molecule has 0 fully saturated rings. The first-order chi connectivity index (χ1) is 10.0. The van der Waals surface area contributed by atoms with Gasteiger partial charge < -0.3 is 4.74 Å². The van der Waals surface area contributed by atoms with Crippen molar-refractivity contribution in [2.45, 2.75) is 12.8 Å². The molecule has 1 aliphatic heterocycles. The van der Waals surface area contributed by atoms with Crippen molar-refractivity contribution < 1.29 is 9.53 Å². The molecule has 5 heteroatoms. The molecule has 1 aliphatic rings. The largest absolute Gasteiger partial charge is 0.493 e. The number of ketones is 1. The average molecular weight is 431 g/mol. The van der Waals surface area contributed by atoms with Gasteiger partial charge in [-0.15, -0.1) is 0 Å². The number of Topliss-reactive ketones (excluding diaryl/α,β-unsaturated/α-hetero) is 1. The number of ether oxygens (including phenoxy) is 1. The molecule has 0 amide bonds. The van der Waals surface area contributed by atoms with Crippen LogP contribution in [0.1, 0.15) is 21.5 Å². The Morgan fingerprint density at radius 3 is 2.86 bits per heavy atom. The van der Waals surface area contributed by atoms with E-state index in [1.807, 2.05) is 12.1 Å². The van der Waals surface area contributed by atoms with Crippen LogP contribution in [0.4, 0.5) is 0 Å². The summed E-state index contributed by atoms with van der Waals surface area (Å²) in [6.45, 7) is 0.674. The molecule has 21 heavy (non-hydrogen) atoms. The molecular weight excluding hydrogens is 419 g/mol. The lowest BCUT2D eigenvalue weighted by molar-refractivity contribution is 0.0991. The summed E-state index contributed by atoms with van der Waals surface area (Å²) in [5, 5.41) is 0.553. The molecule has 2 aromatic rings. The number of hydrogen-bond donors (Lipinski definition) is 0. The van der Waals surface area contributed by atoms with E-state index in [-0.39, 0.29) is 5.78 Å². The summed E-state index contributed by atoms with van der Waals surface area (Å²) in [5.41, 5.74) is 2.65. The molecule has 0 radical (unpaired) electrons. The second-order valence-electron chi connectivity index (χ2n) is 4.88. The topological polar surface area (TPSA) is 26.3 Å². The Morgan fingerprint density at radius 1 is 1.24 bits per heavy atom. The van der Waals surface area contributed by atoms with Crippen molar-refractivity contribution in [3.63, 3.8) is 0 Å². The molecule has 0 saturated heterocycles. The zero-order chi connectivity index (χ0) is 15.0. The van der Waals surface area contributed by atoms with Gasteiger partial charge in [-0.25, -0.2) is 0 Å². The number of rotatable bonds is 3. The van der Waals surface area contributed by atoms with Crippen LogP contribution in [0.2, 0.25) is 5.02 Å². The predicted molar refractivity (Wildman–Crippen MR) is 90.5 cm³/mol. The highest BCUT2D eigenvalue weighted by atomic mass is 79.9. The molecule has 0 unspecified atom stereocenters. The maximum Gasteiger partial charge on any atom is 0.168 e. The third kappa shape index (κ3) is 3.17. The van der Waals surface area contributed by atoms with Crippen molar-refractivity contribution in [1.82, 2.24) is 0 Å². The fourth-order valence-corrected chi connectivity index (χ4v) is 3.65. The third-order valence-electron chi connectivity index (χ3n) is 3.41. The second-order valence-corrected chi connectivity index (χ2v) is 7.08. The van der Waals surface area contributed by atoms with E-state index < -0.39 is 0 Å². The predicted octanol–water partition coefficient (Wildman–Crippen LogP) is 5.23. The summed E-state index contributed by atoms with van der Waals surface area (Å²) in [6.07, 6.45) is 1.18. The van der Waals surface area contributed by atoms with E-state index in [2.05, 4.69) is 31.9 Å². The van der Waals surface area contributed by atoms with E-state index in [0.717, 1.165) is 32.2 Å². The van der Waals surface area contributed by atoms with Gasteiger partial charge in [0.15, 0.2) is 5.78 Å². The summed E-state index contributed by atoms with van der Waals surface area (Å²) in [4.78, 5) is 12.5. The summed E-state index contributed by atoms with van der Waals surface area (Å²) >= 11 is 12.9. The van der Waals surface area contributed by atoms with Crippen LogP contribution in [0.15, 0.2) is 39.3 Å². The molecule has 0 saturated carbocycles. The Balaban J connectivity index is 1.94. The Hall–Kier alpha value is -0.840. The number of halogens is 3. The lowest BCUT2D eigenvalue weighted by Crippen LogP contribution is -2.06. The van der Waals surface area contributed by atoms with Gasteiger partial charge in [-0.2, -0.15) is 0 Å². The molecular formula is C16H11Br2ClO2. The van der Waals surface area contributed by atoms with Gasteiger partial charge >= 0.3 is 0 Å². The number of carbonyl (C=O) groups is 1. The quantitative estimate of drug-likeness (QED) is 0.624. The first-order valence-electron chi connectivity index (χ1n) is 6.47. The summed E-state index contributed by atoms with van der Waals surface area (Å²) in [5.74, 6) is 0.866. The maximum absolute atomic E-state index is 12.5. The highest BCUT2D eigenvalue weighted by Gasteiger charge is 2.20. The van der Waals surface area contributed by atoms with Crippen molar-refractivity contribution in [2.75, 3.05) is 6.61 Å². The van der Waals surface area contributed by atoms with Crippen molar-refractivity contribution in [1.29, 1.82) is 0 Å². The van der Waals surface area contributed by atoms with E-state index in [0.29, 0.717) is 23.6 Å². The molecule has 2 aromatic carbocycles. The van der Waals surface area contributed by atoms with E-state index in [9.17, 15) is 4.79 Å². The lowest BCUT2D eigenvalue weighted by atomic mass is 10.00. The summed E-state index contributed by atoms with van der Waals surface area (Å²) in [6, 6.07) is 9.22. The van der Waals surface area contributed by atoms with Crippen LogP contribution in [0.25, 0.3) is 0 Å². The lowest BCUT2D eigenvalue weighted by Gasteiger charge is -2.10. The summed E-state index contributed by atoms with van der Waals surface area (Å²) in [7, 11) is 0. The minimum Gasteiger partial charge on any atom is -0.493 e. The standard InChI is InChI=1S/C16H11Br2ClO2/c17-11-5-9-3-4-21-16(9)10(6-11)7-15(20)13-8-12(19)1-2-14(13)18/h1-2,5-6,8H,3-4,7H2. The van der Waals surface area contributed by atoms with Crippen LogP contribution < -0.4 is 4.74 Å².